The second-order valence-corrected chi connectivity index (χ2v) is 12.2. The first-order valence-electron chi connectivity index (χ1n) is 15.3. The second kappa shape index (κ2) is 10.0. The van der Waals surface area contributed by atoms with E-state index in [1.165, 1.54) is 83.1 Å². The van der Waals surface area contributed by atoms with Crippen molar-refractivity contribution in [1.82, 2.24) is 0 Å². The zero-order valence-electron chi connectivity index (χ0n) is 24.3. The summed E-state index contributed by atoms with van der Waals surface area (Å²) < 4.78 is 0. The van der Waals surface area contributed by atoms with Crippen molar-refractivity contribution in [1.29, 1.82) is 0 Å². The third kappa shape index (κ3) is 4.24. The van der Waals surface area contributed by atoms with Gasteiger partial charge in [-0.15, -0.1) is 0 Å². The van der Waals surface area contributed by atoms with Crippen molar-refractivity contribution in [3.8, 4) is 44.5 Å². The molecule has 0 N–H and O–H groups in total. The molecule has 2 aliphatic rings. The number of rotatable bonds is 3. The van der Waals surface area contributed by atoms with Crippen LogP contribution in [0.1, 0.15) is 28.7 Å². The highest BCUT2D eigenvalue weighted by molar-refractivity contribution is 6.99. The molecule has 0 amide bonds. The Morgan fingerprint density at radius 1 is 0.429 bits per heavy atom. The molecule has 8 rings (SSSR count). The van der Waals surface area contributed by atoms with Crippen LogP contribution in [0.2, 0.25) is 0 Å². The molecule has 0 fully saturated rings. The summed E-state index contributed by atoms with van der Waals surface area (Å²) in [6, 6.07) is 48.2. The third-order valence-corrected chi connectivity index (χ3v) is 9.43. The highest BCUT2D eigenvalue weighted by Crippen LogP contribution is 2.35. The third-order valence-electron chi connectivity index (χ3n) is 9.43. The number of fused-ring (bicyclic) bond motifs is 5. The van der Waals surface area contributed by atoms with Crippen LogP contribution < -0.4 is 16.4 Å². The number of hydrogen-bond donors (Lipinski definition) is 0. The van der Waals surface area contributed by atoms with E-state index in [1.54, 1.807) is 0 Å². The van der Waals surface area contributed by atoms with E-state index in [9.17, 15) is 0 Å². The van der Waals surface area contributed by atoms with Gasteiger partial charge in [-0.2, -0.15) is 0 Å². The molecule has 1 heteroatoms. The summed E-state index contributed by atoms with van der Waals surface area (Å²) in [5.41, 5.74) is 20.7. The Bertz CT molecular complexity index is 1950. The first-order valence-corrected chi connectivity index (χ1v) is 15.3. The SMILES string of the molecule is Cc1ccc(-c2ccc3c(c2)CCCc2cc(-c4ccccc4)cc4c2B3c2ccc(-c3ccc(C)cc3)cc2-4)cc1. The van der Waals surface area contributed by atoms with E-state index >= 15 is 0 Å². The molecule has 0 atom stereocenters. The van der Waals surface area contributed by atoms with Crippen LogP contribution in [0.5, 0.6) is 0 Å². The van der Waals surface area contributed by atoms with Crippen molar-refractivity contribution in [2.24, 2.45) is 0 Å². The van der Waals surface area contributed by atoms with E-state index in [1.807, 2.05) is 0 Å². The van der Waals surface area contributed by atoms with Gasteiger partial charge in [0.1, 0.15) is 0 Å². The normalized spacial score (nSPS) is 13.1. The maximum atomic E-state index is 2.49. The minimum Gasteiger partial charge on any atom is -0.0661 e. The highest BCUT2D eigenvalue weighted by atomic mass is 14.3. The Hall–Kier alpha value is -4.62. The van der Waals surface area contributed by atoms with Gasteiger partial charge < -0.3 is 0 Å². The molecule has 2 heterocycles. The van der Waals surface area contributed by atoms with E-state index in [-0.39, 0.29) is 6.71 Å². The predicted octanol–water partition coefficient (Wildman–Crippen LogP) is 8.29. The summed E-state index contributed by atoms with van der Waals surface area (Å²) in [5, 5.41) is 0. The number of benzene rings is 6. The van der Waals surface area contributed by atoms with Crippen LogP contribution in [0, 0.1) is 13.8 Å². The first kappa shape index (κ1) is 25.1. The van der Waals surface area contributed by atoms with Gasteiger partial charge in [0.15, 0.2) is 0 Å². The minimum absolute atomic E-state index is 0.268. The fraction of sp³-hybridized carbons (Fsp3) is 0.122. The van der Waals surface area contributed by atoms with E-state index < -0.39 is 0 Å². The Balaban J connectivity index is 1.34. The molecule has 200 valence electrons. The molecule has 0 spiro atoms. The maximum Gasteiger partial charge on any atom is 0.243 e. The molecule has 0 saturated carbocycles. The van der Waals surface area contributed by atoms with Crippen LogP contribution in [-0.4, -0.2) is 6.71 Å². The maximum absolute atomic E-state index is 2.49. The molecule has 0 nitrogen and oxygen atoms in total. The molecule has 6 aromatic rings. The zero-order valence-corrected chi connectivity index (χ0v) is 24.3. The Labute approximate surface area is 249 Å². The van der Waals surface area contributed by atoms with Gasteiger partial charge in [-0.05, 0) is 89.8 Å². The molecule has 0 radical (unpaired) electrons. The van der Waals surface area contributed by atoms with Crippen molar-refractivity contribution in [2.45, 2.75) is 33.1 Å². The van der Waals surface area contributed by atoms with Crippen LogP contribution in [0.4, 0.5) is 0 Å². The van der Waals surface area contributed by atoms with Gasteiger partial charge >= 0.3 is 0 Å². The van der Waals surface area contributed by atoms with Crippen LogP contribution >= 0.6 is 0 Å². The van der Waals surface area contributed by atoms with Gasteiger partial charge in [-0.25, -0.2) is 0 Å². The molecule has 42 heavy (non-hydrogen) atoms. The summed E-state index contributed by atoms with van der Waals surface area (Å²) >= 11 is 0. The lowest BCUT2D eigenvalue weighted by Crippen LogP contribution is -2.52. The molecule has 2 aliphatic heterocycles. The van der Waals surface area contributed by atoms with Gasteiger partial charge in [-0.1, -0.05) is 154 Å². The van der Waals surface area contributed by atoms with Crippen molar-refractivity contribution >= 4 is 23.1 Å². The van der Waals surface area contributed by atoms with Crippen molar-refractivity contribution in [2.75, 3.05) is 0 Å². The summed E-state index contributed by atoms with van der Waals surface area (Å²) in [7, 11) is 0. The summed E-state index contributed by atoms with van der Waals surface area (Å²) in [4.78, 5) is 0. The first-order chi connectivity index (χ1) is 20.6. The smallest absolute Gasteiger partial charge is 0.0661 e. The summed E-state index contributed by atoms with van der Waals surface area (Å²) in [6.07, 6.45) is 3.37. The van der Waals surface area contributed by atoms with Crippen molar-refractivity contribution in [3.05, 3.63) is 150 Å². The minimum atomic E-state index is 0.268. The Morgan fingerprint density at radius 3 is 1.64 bits per heavy atom. The topological polar surface area (TPSA) is 0 Å². The number of hydrogen-bond acceptors (Lipinski definition) is 0. The molecular formula is C41H33B. The van der Waals surface area contributed by atoms with Crippen molar-refractivity contribution < 1.29 is 0 Å². The molecule has 0 aliphatic carbocycles. The average molecular weight is 537 g/mol. The lowest BCUT2D eigenvalue weighted by Gasteiger charge is -2.23. The van der Waals surface area contributed by atoms with E-state index in [4.69, 9.17) is 0 Å². The van der Waals surface area contributed by atoms with E-state index in [0.717, 1.165) is 19.3 Å². The van der Waals surface area contributed by atoms with E-state index in [2.05, 4.69) is 141 Å². The molecule has 0 bridgehead atoms. The Kier molecular flexibility index (Phi) is 6.00. The number of aryl methyl sites for hydroxylation is 4. The van der Waals surface area contributed by atoms with Crippen LogP contribution in [-0.2, 0) is 12.8 Å². The van der Waals surface area contributed by atoms with Crippen LogP contribution in [0.15, 0.2) is 127 Å². The van der Waals surface area contributed by atoms with Gasteiger partial charge in [0.05, 0.1) is 0 Å². The summed E-state index contributed by atoms with van der Waals surface area (Å²) in [6.45, 7) is 4.58. The Morgan fingerprint density at radius 2 is 0.952 bits per heavy atom. The molecule has 0 aromatic heterocycles. The van der Waals surface area contributed by atoms with Gasteiger partial charge in [-0.3, -0.25) is 0 Å². The van der Waals surface area contributed by atoms with Gasteiger partial charge in [0.25, 0.3) is 0 Å². The lowest BCUT2D eigenvalue weighted by molar-refractivity contribution is 0.825. The predicted molar refractivity (Wildman–Crippen MR) is 181 cm³/mol. The molecule has 0 saturated heterocycles. The molecular weight excluding hydrogens is 503 g/mol. The fourth-order valence-electron chi connectivity index (χ4n) is 7.23. The lowest BCUT2D eigenvalue weighted by atomic mass is 9.37. The average Bonchev–Trinajstić information content (AvgIpc) is 3.35. The summed E-state index contributed by atoms with van der Waals surface area (Å²) in [5.74, 6) is 0. The van der Waals surface area contributed by atoms with Crippen LogP contribution in [0.25, 0.3) is 44.5 Å². The zero-order chi connectivity index (χ0) is 28.2. The fourth-order valence-corrected chi connectivity index (χ4v) is 7.23. The standard InChI is InChI=1S/C41H33B/c1-27-11-15-30(16-12-27)32-19-21-39-34(23-32)9-6-10-35-24-36(29-7-4-3-5-8-29)26-38-37-25-33(31-17-13-28(2)14-18-31)20-22-40(37)42(39)41(35)38/h3-5,7-8,11-26H,6,9-10H2,1-2H3. The van der Waals surface area contributed by atoms with E-state index in [0.29, 0.717) is 0 Å². The highest BCUT2D eigenvalue weighted by Gasteiger charge is 2.38. The largest absolute Gasteiger partial charge is 0.243 e. The second-order valence-electron chi connectivity index (χ2n) is 12.2. The van der Waals surface area contributed by atoms with Crippen molar-refractivity contribution in [3.63, 3.8) is 0 Å². The van der Waals surface area contributed by atoms with Gasteiger partial charge in [0.2, 0.25) is 6.71 Å². The van der Waals surface area contributed by atoms with Gasteiger partial charge in [0, 0.05) is 0 Å². The molecule has 0 unspecified atom stereocenters. The quantitative estimate of drug-likeness (QED) is 0.199. The molecule has 6 aromatic carbocycles. The van der Waals surface area contributed by atoms with Crippen LogP contribution in [0.3, 0.4) is 0 Å². The monoisotopic (exact) mass is 536 g/mol.